The number of carbonyl (C=O) groups excluding carboxylic acids is 3. The average molecular weight is 669 g/mol. The molecule has 1 atom stereocenters. The highest BCUT2D eigenvalue weighted by Gasteiger charge is 2.39. The molecule has 2 N–H and O–H groups in total. The Morgan fingerprint density at radius 3 is 1.38 bits per heavy atom. The summed E-state index contributed by atoms with van der Waals surface area (Å²) in [6, 6.07) is 48.8. The molecule has 0 bridgehead atoms. The maximum absolute atomic E-state index is 13.9. The van der Waals surface area contributed by atoms with Crippen LogP contribution in [0.5, 0.6) is 0 Å². The van der Waals surface area contributed by atoms with Gasteiger partial charge in [0.05, 0.1) is 12.3 Å². The highest BCUT2D eigenvalue weighted by molar-refractivity contribution is 5.88. The number of benzene rings is 5. The standard InChI is InChI=1S/C43H44N2O5/c1-42(2,3)49-40(47)30-34(41(48)44-31-38(32-19-9-4-10-20-32)33-21-11-5-12-22-33)29-39(46)45-50-43(35-23-13-6-14-24-35,36-25-15-7-16-26-36)37-27-17-8-18-28-37/h4-28,34,38H,29-31H2,1-3H3,(H,44,48)(H,45,46). The van der Waals surface area contributed by atoms with Gasteiger partial charge in [-0.3, -0.25) is 19.2 Å². The predicted molar refractivity (Wildman–Crippen MR) is 195 cm³/mol. The maximum atomic E-state index is 13.9. The molecule has 0 aliphatic heterocycles. The predicted octanol–water partition coefficient (Wildman–Crippen LogP) is 7.71. The van der Waals surface area contributed by atoms with Crippen LogP contribution in [0.2, 0.25) is 0 Å². The number of esters is 1. The summed E-state index contributed by atoms with van der Waals surface area (Å²) in [5.41, 5.74) is 5.18. The summed E-state index contributed by atoms with van der Waals surface area (Å²) < 4.78 is 5.57. The number of ether oxygens (including phenoxy) is 1. The molecule has 1 unspecified atom stereocenters. The van der Waals surface area contributed by atoms with Crippen LogP contribution in [0.15, 0.2) is 152 Å². The van der Waals surface area contributed by atoms with E-state index in [9.17, 15) is 14.4 Å². The molecule has 5 aromatic carbocycles. The molecule has 7 nitrogen and oxygen atoms in total. The van der Waals surface area contributed by atoms with Gasteiger partial charge >= 0.3 is 5.97 Å². The molecule has 50 heavy (non-hydrogen) atoms. The summed E-state index contributed by atoms with van der Waals surface area (Å²) in [5, 5.41) is 3.04. The van der Waals surface area contributed by atoms with Gasteiger partial charge in [0.25, 0.3) is 0 Å². The lowest BCUT2D eigenvalue weighted by molar-refractivity contribution is -0.158. The van der Waals surface area contributed by atoms with E-state index in [0.717, 1.165) is 27.8 Å². The second-order valence-electron chi connectivity index (χ2n) is 13.2. The third-order valence-corrected chi connectivity index (χ3v) is 8.38. The molecule has 0 aromatic heterocycles. The molecule has 0 aliphatic carbocycles. The summed E-state index contributed by atoms with van der Waals surface area (Å²) in [4.78, 5) is 47.2. The van der Waals surface area contributed by atoms with Gasteiger partial charge in [0.2, 0.25) is 11.8 Å². The molecule has 0 radical (unpaired) electrons. The zero-order chi connectivity index (χ0) is 35.4. The molecule has 2 amide bonds. The second-order valence-corrected chi connectivity index (χ2v) is 13.2. The normalized spacial score (nSPS) is 12.2. The lowest BCUT2D eigenvalue weighted by Gasteiger charge is -2.35. The van der Waals surface area contributed by atoms with Crippen LogP contribution in [0.3, 0.4) is 0 Å². The van der Waals surface area contributed by atoms with Crippen molar-refractivity contribution in [3.63, 3.8) is 0 Å². The van der Waals surface area contributed by atoms with Crippen molar-refractivity contribution in [2.24, 2.45) is 5.92 Å². The summed E-state index contributed by atoms with van der Waals surface area (Å²) in [6.07, 6.45) is -0.583. The van der Waals surface area contributed by atoms with Crippen molar-refractivity contribution in [3.8, 4) is 0 Å². The fourth-order valence-electron chi connectivity index (χ4n) is 6.08. The van der Waals surface area contributed by atoms with E-state index in [2.05, 4.69) is 10.8 Å². The van der Waals surface area contributed by atoms with Gasteiger partial charge in [-0.15, -0.1) is 0 Å². The zero-order valence-electron chi connectivity index (χ0n) is 28.8. The minimum atomic E-state index is -1.21. The van der Waals surface area contributed by atoms with Crippen LogP contribution in [0.25, 0.3) is 0 Å². The number of hydrogen-bond donors (Lipinski definition) is 2. The molecule has 0 saturated heterocycles. The molecule has 0 heterocycles. The number of hydroxylamine groups is 1. The van der Waals surface area contributed by atoms with Crippen LogP contribution >= 0.6 is 0 Å². The van der Waals surface area contributed by atoms with Crippen LogP contribution in [-0.2, 0) is 29.6 Å². The second kappa shape index (κ2) is 16.7. The number of amides is 2. The van der Waals surface area contributed by atoms with E-state index in [1.165, 1.54) is 0 Å². The Balaban J connectivity index is 1.39. The first kappa shape index (κ1) is 35.8. The number of hydrogen-bond acceptors (Lipinski definition) is 5. The molecule has 0 aliphatic rings. The topological polar surface area (TPSA) is 93.7 Å². The number of rotatable bonds is 14. The molecular weight excluding hydrogens is 624 g/mol. The Morgan fingerprint density at radius 1 is 0.580 bits per heavy atom. The lowest BCUT2D eigenvalue weighted by atomic mass is 9.80. The van der Waals surface area contributed by atoms with Gasteiger partial charge in [-0.25, -0.2) is 5.48 Å². The first-order valence-electron chi connectivity index (χ1n) is 16.9. The van der Waals surface area contributed by atoms with Crippen LogP contribution in [0.1, 0.15) is 67.3 Å². The van der Waals surface area contributed by atoms with E-state index >= 15 is 0 Å². The van der Waals surface area contributed by atoms with E-state index in [1.807, 2.05) is 152 Å². The quantitative estimate of drug-likeness (QED) is 0.0719. The highest BCUT2D eigenvalue weighted by atomic mass is 16.7. The molecule has 0 spiro atoms. The third kappa shape index (κ3) is 9.33. The van der Waals surface area contributed by atoms with Crippen molar-refractivity contribution in [1.82, 2.24) is 10.8 Å². The largest absolute Gasteiger partial charge is 0.460 e. The Morgan fingerprint density at radius 2 is 0.980 bits per heavy atom. The van der Waals surface area contributed by atoms with Gasteiger partial charge in [0, 0.05) is 18.9 Å². The summed E-state index contributed by atoms with van der Waals surface area (Å²) in [7, 11) is 0. The number of nitrogens with one attached hydrogen (secondary N) is 2. The first-order chi connectivity index (χ1) is 24.2. The Labute approximate surface area is 294 Å². The van der Waals surface area contributed by atoms with Gasteiger partial charge in [-0.1, -0.05) is 152 Å². The van der Waals surface area contributed by atoms with Gasteiger partial charge in [-0.05, 0) is 48.6 Å². The third-order valence-electron chi connectivity index (χ3n) is 8.38. The summed E-state index contributed by atoms with van der Waals surface area (Å²) in [6.45, 7) is 5.57. The fraction of sp³-hybridized carbons (Fsp3) is 0.233. The molecule has 0 saturated carbocycles. The van der Waals surface area contributed by atoms with Crippen molar-refractivity contribution >= 4 is 17.8 Å². The molecular formula is C43H44N2O5. The van der Waals surface area contributed by atoms with Crippen molar-refractivity contribution in [2.75, 3.05) is 6.54 Å². The van der Waals surface area contributed by atoms with E-state index in [4.69, 9.17) is 9.57 Å². The van der Waals surface area contributed by atoms with Crippen molar-refractivity contribution in [3.05, 3.63) is 179 Å². The minimum absolute atomic E-state index is 0.135. The molecule has 256 valence electrons. The number of carbonyl (C=O) groups is 3. The van der Waals surface area contributed by atoms with Crippen LogP contribution < -0.4 is 10.8 Å². The van der Waals surface area contributed by atoms with E-state index in [1.54, 1.807) is 20.8 Å². The zero-order valence-corrected chi connectivity index (χ0v) is 28.8. The van der Waals surface area contributed by atoms with Gasteiger partial charge in [0.15, 0.2) is 5.60 Å². The van der Waals surface area contributed by atoms with E-state index in [-0.39, 0.29) is 25.3 Å². The molecule has 0 fully saturated rings. The summed E-state index contributed by atoms with van der Waals surface area (Å²) in [5.74, 6) is -2.70. The molecule has 5 rings (SSSR count). The van der Waals surface area contributed by atoms with Crippen LogP contribution in [0.4, 0.5) is 0 Å². The van der Waals surface area contributed by atoms with E-state index < -0.39 is 34.9 Å². The highest BCUT2D eigenvalue weighted by Crippen LogP contribution is 2.39. The Hall–Kier alpha value is -5.53. The maximum Gasteiger partial charge on any atom is 0.307 e. The van der Waals surface area contributed by atoms with Gasteiger partial charge < -0.3 is 10.1 Å². The SMILES string of the molecule is CC(C)(C)OC(=O)CC(CC(=O)NOC(c1ccccc1)(c1ccccc1)c1ccccc1)C(=O)NCC(c1ccccc1)c1ccccc1. The summed E-state index contributed by atoms with van der Waals surface area (Å²) >= 11 is 0. The van der Waals surface area contributed by atoms with E-state index in [0.29, 0.717) is 0 Å². The lowest BCUT2D eigenvalue weighted by Crippen LogP contribution is -2.42. The minimum Gasteiger partial charge on any atom is -0.460 e. The smallest absolute Gasteiger partial charge is 0.307 e. The average Bonchev–Trinajstić information content (AvgIpc) is 3.13. The van der Waals surface area contributed by atoms with Crippen LogP contribution in [-0.4, -0.2) is 29.9 Å². The first-order valence-corrected chi connectivity index (χ1v) is 16.9. The monoisotopic (exact) mass is 668 g/mol. The Bertz CT molecular complexity index is 1670. The molecule has 7 heteroatoms. The fourth-order valence-corrected chi connectivity index (χ4v) is 6.08. The van der Waals surface area contributed by atoms with Crippen molar-refractivity contribution in [1.29, 1.82) is 0 Å². The Kier molecular flexibility index (Phi) is 12.0. The van der Waals surface area contributed by atoms with Crippen molar-refractivity contribution < 1.29 is 24.0 Å². The van der Waals surface area contributed by atoms with Crippen LogP contribution in [0, 0.1) is 5.92 Å². The van der Waals surface area contributed by atoms with Crippen molar-refractivity contribution in [2.45, 2.75) is 50.7 Å². The van der Waals surface area contributed by atoms with Gasteiger partial charge in [-0.2, -0.15) is 0 Å². The molecule has 5 aromatic rings. The van der Waals surface area contributed by atoms with Gasteiger partial charge in [0.1, 0.15) is 5.60 Å².